The Labute approximate surface area is 160 Å². The molecule has 1 saturated carbocycles. The van der Waals surface area contributed by atoms with Gasteiger partial charge in [-0.05, 0) is 30.5 Å². The van der Waals surface area contributed by atoms with Crippen LogP contribution in [0.3, 0.4) is 0 Å². The van der Waals surface area contributed by atoms with E-state index in [9.17, 15) is 4.79 Å². The van der Waals surface area contributed by atoms with Crippen LogP contribution in [-0.2, 0) is 0 Å². The van der Waals surface area contributed by atoms with Crippen molar-refractivity contribution in [2.45, 2.75) is 38.1 Å². The first-order valence-electron chi connectivity index (χ1n) is 8.78. The highest BCUT2D eigenvalue weighted by Crippen LogP contribution is 2.31. The first-order valence-corrected chi connectivity index (χ1v) is 9.16. The molecule has 0 aromatic carbocycles. The third-order valence-corrected chi connectivity index (χ3v) is 4.81. The summed E-state index contributed by atoms with van der Waals surface area (Å²) in [5.41, 5.74) is 2.57. The van der Waals surface area contributed by atoms with Crippen LogP contribution in [0.15, 0.2) is 24.5 Å². The topological polar surface area (TPSA) is 113 Å². The standard InChI is InChI=1S/C18H18ClN5O3/c19-13-6-10(7-14(23-13)22-11-4-2-1-3-5-11)12-8-20-17-16(12)24-15(9-21-17)27-18(25)26/h6-9,11H,1-5H2,(H,20,21)(H,22,23)(H,25,26). The molecule has 1 aliphatic carbocycles. The van der Waals surface area contributed by atoms with Gasteiger partial charge in [-0.25, -0.2) is 19.7 Å². The number of nitrogens with zero attached hydrogens (tertiary/aromatic N) is 3. The Morgan fingerprint density at radius 3 is 2.85 bits per heavy atom. The fraction of sp³-hybridized carbons (Fsp3) is 0.333. The van der Waals surface area contributed by atoms with Gasteiger partial charge in [0.15, 0.2) is 5.65 Å². The maximum absolute atomic E-state index is 10.7. The van der Waals surface area contributed by atoms with Crippen LogP contribution in [0.5, 0.6) is 5.88 Å². The van der Waals surface area contributed by atoms with E-state index < -0.39 is 6.16 Å². The fourth-order valence-corrected chi connectivity index (χ4v) is 3.62. The molecule has 0 saturated heterocycles. The maximum Gasteiger partial charge on any atom is 0.512 e. The fourth-order valence-electron chi connectivity index (χ4n) is 3.42. The summed E-state index contributed by atoms with van der Waals surface area (Å²) in [6, 6.07) is 4.05. The van der Waals surface area contributed by atoms with Crippen LogP contribution >= 0.6 is 11.6 Å². The molecule has 3 aromatic heterocycles. The van der Waals surface area contributed by atoms with Gasteiger partial charge in [0.25, 0.3) is 0 Å². The van der Waals surface area contributed by atoms with Gasteiger partial charge in [-0.3, -0.25) is 0 Å². The number of ether oxygens (including phenoxy) is 1. The summed E-state index contributed by atoms with van der Waals surface area (Å²) in [5, 5.41) is 12.6. The first kappa shape index (κ1) is 17.5. The van der Waals surface area contributed by atoms with E-state index in [1.54, 1.807) is 12.3 Å². The van der Waals surface area contributed by atoms with Crippen molar-refractivity contribution in [3.05, 3.63) is 29.7 Å². The monoisotopic (exact) mass is 387 g/mol. The maximum atomic E-state index is 10.7. The second kappa shape index (κ2) is 7.40. The molecule has 27 heavy (non-hydrogen) atoms. The lowest BCUT2D eigenvalue weighted by Crippen LogP contribution is -2.22. The molecule has 3 heterocycles. The summed E-state index contributed by atoms with van der Waals surface area (Å²) in [7, 11) is 0. The lowest BCUT2D eigenvalue weighted by molar-refractivity contribution is 0.142. The van der Waals surface area contributed by atoms with Crippen LogP contribution in [0.1, 0.15) is 32.1 Å². The van der Waals surface area contributed by atoms with Crippen LogP contribution in [0, 0.1) is 0 Å². The van der Waals surface area contributed by atoms with E-state index in [4.69, 9.17) is 16.7 Å². The smallest absolute Gasteiger partial charge is 0.449 e. The number of carbonyl (C=O) groups is 1. The molecule has 4 rings (SSSR count). The van der Waals surface area contributed by atoms with Crippen molar-refractivity contribution in [1.29, 1.82) is 0 Å². The molecule has 8 nitrogen and oxygen atoms in total. The molecule has 0 aliphatic heterocycles. The van der Waals surface area contributed by atoms with E-state index in [1.165, 1.54) is 25.5 Å². The Morgan fingerprint density at radius 1 is 1.26 bits per heavy atom. The summed E-state index contributed by atoms with van der Waals surface area (Å²) in [5.74, 6) is 0.626. The minimum atomic E-state index is -1.44. The van der Waals surface area contributed by atoms with E-state index in [-0.39, 0.29) is 5.88 Å². The Balaban J connectivity index is 1.68. The third kappa shape index (κ3) is 3.95. The summed E-state index contributed by atoms with van der Waals surface area (Å²) in [4.78, 5) is 26.5. The number of nitrogens with one attached hydrogen (secondary N) is 2. The molecule has 0 radical (unpaired) electrons. The number of hydrogen-bond donors (Lipinski definition) is 3. The Kier molecular flexibility index (Phi) is 4.81. The number of fused-ring (bicyclic) bond motifs is 1. The molecule has 0 atom stereocenters. The highest BCUT2D eigenvalue weighted by Gasteiger charge is 2.16. The molecule has 0 unspecified atom stereocenters. The molecule has 0 amide bonds. The van der Waals surface area contributed by atoms with Gasteiger partial charge in [-0.15, -0.1) is 0 Å². The number of rotatable bonds is 4. The van der Waals surface area contributed by atoms with Crippen LogP contribution in [0.2, 0.25) is 5.15 Å². The van der Waals surface area contributed by atoms with E-state index >= 15 is 0 Å². The Hall–Kier alpha value is -2.87. The van der Waals surface area contributed by atoms with Crippen molar-refractivity contribution in [3.8, 4) is 17.0 Å². The lowest BCUT2D eigenvalue weighted by Gasteiger charge is -2.23. The number of halogens is 1. The second-order valence-electron chi connectivity index (χ2n) is 6.52. The van der Waals surface area contributed by atoms with E-state index in [2.05, 4.69) is 30.0 Å². The van der Waals surface area contributed by atoms with Gasteiger partial charge >= 0.3 is 6.16 Å². The van der Waals surface area contributed by atoms with Gasteiger partial charge < -0.3 is 20.1 Å². The van der Waals surface area contributed by atoms with Gasteiger partial charge in [0.05, 0.1) is 6.20 Å². The zero-order valence-electron chi connectivity index (χ0n) is 14.4. The summed E-state index contributed by atoms with van der Waals surface area (Å²) < 4.78 is 4.61. The largest absolute Gasteiger partial charge is 0.512 e. The zero-order chi connectivity index (χ0) is 18.8. The number of carboxylic acid groups (broad SMARTS) is 1. The number of aromatic amines is 1. The summed E-state index contributed by atoms with van der Waals surface area (Å²) in [6.45, 7) is 0. The lowest BCUT2D eigenvalue weighted by atomic mass is 9.95. The number of hydrogen-bond acceptors (Lipinski definition) is 6. The van der Waals surface area contributed by atoms with Crippen molar-refractivity contribution in [1.82, 2.24) is 19.9 Å². The SMILES string of the molecule is O=C(O)Oc1cnc2[nH]cc(-c3cc(Cl)nc(NC4CCCCC4)c3)c2n1. The summed E-state index contributed by atoms with van der Waals surface area (Å²) in [6.07, 6.45) is 7.53. The average Bonchev–Trinajstić information content (AvgIpc) is 3.05. The van der Waals surface area contributed by atoms with Crippen molar-refractivity contribution < 1.29 is 14.6 Å². The number of aromatic nitrogens is 4. The minimum Gasteiger partial charge on any atom is -0.449 e. The predicted octanol–water partition coefficient (Wildman–Crippen LogP) is 4.47. The molecule has 0 bridgehead atoms. The Morgan fingerprint density at radius 2 is 2.07 bits per heavy atom. The molecule has 140 valence electrons. The van der Waals surface area contributed by atoms with Crippen molar-refractivity contribution in [2.24, 2.45) is 0 Å². The number of anilines is 1. The van der Waals surface area contributed by atoms with Crippen molar-refractivity contribution >= 4 is 34.7 Å². The highest BCUT2D eigenvalue weighted by molar-refractivity contribution is 6.29. The van der Waals surface area contributed by atoms with Gasteiger partial charge in [-0.1, -0.05) is 30.9 Å². The highest BCUT2D eigenvalue weighted by atomic mass is 35.5. The average molecular weight is 388 g/mol. The van der Waals surface area contributed by atoms with Crippen molar-refractivity contribution in [2.75, 3.05) is 5.32 Å². The van der Waals surface area contributed by atoms with Gasteiger partial charge in [0.2, 0.25) is 5.88 Å². The molecule has 1 aliphatic rings. The third-order valence-electron chi connectivity index (χ3n) is 4.61. The first-order chi connectivity index (χ1) is 13.1. The van der Waals surface area contributed by atoms with Gasteiger partial charge in [0.1, 0.15) is 16.5 Å². The molecule has 1 fully saturated rings. The Bertz CT molecular complexity index is 984. The van der Waals surface area contributed by atoms with Crippen LogP contribution in [0.25, 0.3) is 22.3 Å². The van der Waals surface area contributed by atoms with Gasteiger partial charge in [0, 0.05) is 17.8 Å². The predicted molar refractivity (Wildman–Crippen MR) is 101 cm³/mol. The van der Waals surface area contributed by atoms with Gasteiger partial charge in [-0.2, -0.15) is 0 Å². The molecule has 0 spiro atoms. The molecule has 3 N–H and O–H groups in total. The van der Waals surface area contributed by atoms with Crippen molar-refractivity contribution in [3.63, 3.8) is 0 Å². The second-order valence-corrected chi connectivity index (χ2v) is 6.91. The van der Waals surface area contributed by atoms with E-state index in [0.29, 0.717) is 28.2 Å². The molecule has 3 aromatic rings. The van der Waals surface area contributed by atoms with E-state index in [0.717, 1.165) is 24.0 Å². The summed E-state index contributed by atoms with van der Waals surface area (Å²) >= 11 is 6.24. The zero-order valence-corrected chi connectivity index (χ0v) is 15.2. The van der Waals surface area contributed by atoms with E-state index in [1.807, 2.05) is 6.07 Å². The number of H-pyrrole nitrogens is 1. The molecular formula is C18H18ClN5O3. The molecular weight excluding hydrogens is 370 g/mol. The molecule has 9 heteroatoms. The van der Waals surface area contributed by atoms with Crippen LogP contribution in [0.4, 0.5) is 10.6 Å². The quantitative estimate of drug-likeness (QED) is 0.447. The number of pyridine rings is 1. The van der Waals surface area contributed by atoms with Crippen LogP contribution < -0.4 is 10.1 Å². The normalized spacial score (nSPS) is 15.0. The van der Waals surface area contributed by atoms with Crippen LogP contribution in [-0.4, -0.2) is 37.2 Å². The minimum absolute atomic E-state index is 0.0865.